The van der Waals surface area contributed by atoms with Gasteiger partial charge < -0.3 is 24.8 Å². The number of piperidine rings is 2. The van der Waals surface area contributed by atoms with Crippen LogP contribution in [-0.2, 0) is 10.2 Å². The Bertz CT molecular complexity index is 1050. The Labute approximate surface area is 213 Å². The number of carbonyl (C=O) groups is 2. The fourth-order valence-electron chi connectivity index (χ4n) is 4.75. The Morgan fingerprint density at radius 3 is 2.69 bits per heavy atom. The molecule has 1 aromatic heterocycles. The van der Waals surface area contributed by atoms with Gasteiger partial charge in [-0.2, -0.15) is 4.98 Å². The fourth-order valence-corrected chi connectivity index (χ4v) is 4.75. The molecule has 1 aromatic carbocycles. The largest absolute Gasteiger partial charge is 0.494 e. The first-order valence-corrected chi connectivity index (χ1v) is 13.1. The molecule has 9 heteroatoms. The highest BCUT2D eigenvalue weighted by molar-refractivity contribution is 5.98. The molecule has 2 fully saturated rings. The van der Waals surface area contributed by atoms with Crippen LogP contribution in [0.15, 0.2) is 22.7 Å². The molecule has 0 aliphatic carbocycles. The van der Waals surface area contributed by atoms with E-state index in [4.69, 9.17) is 9.26 Å². The van der Waals surface area contributed by atoms with Crippen molar-refractivity contribution in [2.75, 3.05) is 31.1 Å². The standard InChI is InChI=1S/C27H39N5O4/c1-18-17-20(9-10-21(18)23(33)29-22-8-5-13-28-24(22)34)35-16-6-7-19-11-14-32(15-12-19)26-30-25(31-36-26)27(2,3)4/h9-10,17,19,22H,5-8,11-16H2,1-4H3,(H,28,34)(H,29,33)/t22-/m0/s1. The first kappa shape index (κ1) is 26.0. The van der Waals surface area contributed by atoms with Gasteiger partial charge in [0.1, 0.15) is 11.8 Å². The Balaban J connectivity index is 1.17. The number of carbonyl (C=O) groups excluding carboxylic acids is 2. The molecule has 0 bridgehead atoms. The Morgan fingerprint density at radius 2 is 2.03 bits per heavy atom. The lowest BCUT2D eigenvalue weighted by atomic mass is 9.92. The van der Waals surface area contributed by atoms with Crippen LogP contribution in [0.3, 0.4) is 0 Å². The van der Waals surface area contributed by atoms with Gasteiger partial charge in [0.25, 0.3) is 5.91 Å². The van der Waals surface area contributed by atoms with E-state index in [1.165, 1.54) is 0 Å². The van der Waals surface area contributed by atoms with Gasteiger partial charge in [0.2, 0.25) is 5.91 Å². The van der Waals surface area contributed by atoms with Crippen LogP contribution in [0.2, 0.25) is 0 Å². The third-order valence-electron chi connectivity index (χ3n) is 7.03. The summed E-state index contributed by atoms with van der Waals surface area (Å²) in [5.41, 5.74) is 1.30. The highest BCUT2D eigenvalue weighted by atomic mass is 16.5. The predicted molar refractivity (Wildman–Crippen MR) is 137 cm³/mol. The van der Waals surface area contributed by atoms with Crippen molar-refractivity contribution in [3.05, 3.63) is 35.2 Å². The summed E-state index contributed by atoms with van der Waals surface area (Å²) in [4.78, 5) is 31.3. The van der Waals surface area contributed by atoms with Gasteiger partial charge >= 0.3 is 6.01 Å². The number of hydrogen-bond donors (Lipinski definition) is 2. The van der Waals surface area contributed by atoms with E-state index in [2.05, 4.69) is 46.4 Å². The van der Waals surface area contributed by atoms with Crippen molar-refractivity contribution >= 4 is 17.8 Å². The summed E-state index contributed by atoms with van der Waals surface area (Å²) in [7, 11) is 0. The molecule has 0 unspecified atom stereocenters. The smallest absolute Gasteiger partial charge is 0.324 e. The van der Waals surface area contributed by atoms with Crippen LogP contribution in [0, 0.1) is 12.8 Å². The zero-order valence-electron chi connectivity index (χ0n) is 21.9. The maximum atomic E-state index is 12.6. The third-order valence-corrected chi connectivity index (χ3v) is 7.03. The predicted octanol–water partition coefficient (Wildman–Crippen LogP) is 3.76. The Hall–Kier alpha value is -3.10. The molecular formula is C27H39N5O4. The van der Waals surface area contributed by atoms with Gasteiger partial charge in [-0.25, -0.2) is 0 Å². The minimum atomic E-state index is -0.457. The topological polar surface area (TPSA) is 110 Å². The molecule has 9 nitrogen and oxygen atoms in total. The van der Waals surface area contributed by atoms with Crippen molar-refractivity contribution in [2.45, 2.75) is 77.7 Å². The number of ether oxygens (including phenoxy) is 1. The van der Waals surface area contributed by atoms with Gasteiger partial charge in [-0.1, -0.05) is 25.9 Å². The monoisotopic (exact) mass is 497 g/mol. The first-order valence-electron chi connectivity index (χ1n) is 13.1. The van der Waals surface area contributed by atoms with E-state index in [9.17, 15) is 9.59 Å². The highest BCUT2D eigenvalue weighted by Crippen LogP contribution is 2.27. The molecule has 1 atom stereocenters. The van der Waals surface area contributed by atoms with Crippen molar-refractivity contribution in [3.8, 4) is 5.75 Å². The Kier molecular flexibility index (Phi) is 8.16. The van der Waals surface area contributed by atoms with Gasteiger partial charge in [-0.15, -0.1) is 0 Å². The number of anilines is 1. The van der Waals surface area contributed by atoms with Crippen LogP contribution >= 0.6 is 0 Å². The summed E-state index contributed by atoms with van der Waals surface area (Å²) < 4.78 is 11.5. The van der Waals surface area contributed by atoms with Crippen molar-refractivity contribution < 1.29 is 18.8 Å². The SMILES string of the molecule is Cc1cc(OCCCC2CCN(c3nc(C(C)(C)C)no3)CC2)ccc1C(=O)N[C@H]1CCCNC1=O. The maximum absolute atomic E-state index is 12.6. The number of benzene rings is 1. The number of nitrogens with one attached hydrogen (secondary N) is 2. The van der Waals surface area contributed by atoms with Crippen molar-refractivity contribution in [1.29, 1.82) is 0 Å². The Morgan fingerprint density at radius 1 is 1.25 bits per heavy atom. The van der Waals surface area contributed by atoms with Crippen LogP contribution in [0.5, 0.6) is 5.75 Å². The lowest BCUT2D eigenvalue weighted by Gasteiger charge is -2.30. The molecule has 2 aliphatic heterocycles. The number of amides is 2. The van der Waals surface area contributed by atoms with Crippen molar-refractivity contribution in [2.24, 2.45) is 5.92 Å². The number of aryl methyl sites for hydroxylation is 1. The van der Waals surface area contributed by atoms with Crippen LogP contribution in [0.25, 0.3) is 0 Å². The molecule has 2 aromatic rings. The molecule has 36 heavy (non-hydrogen) atoms. The zero-order chi connectivity index (χ0) is 25.7. The maximum Gasteiger partial charge on any atom is 0.324 e. The van der Waals surface area contributed by atoms with Crippen LogP contribution in [-0.4, -0.2) is 54.2 Å². The second kappa shape index (κ2) is 11.3. The first-order chi connectivity index (χ1) is 17.2. The summed E-state index contributed by atoms with van der Waals surface area (Å²) in [6.45, 7) is 11.3. The van der Waals surface area contributed by atoms with E-state index in [-0.39, 0.29) is 17.2 Å². The van der Waals surface area contributed by atoms with Crippen molar-refractivity contribution in [3.63, 3.8) is 0 Å². The molecule has 2 N–H and O–H groups in total. The number of rotatable bonds is 8. The van der Waals surface area contributed by atoms with Gasteiger partial charge in [0.15, 0.2) is 5.82 Å². The van der Waals surface area contributed by atoms with Gasteiger partial charge in [-0.3, -0.25) is 9.59 Å². The van der Waals surface area contributed by atoms with E-state index >= 15 is 0 Å². The van der Waals surface area contributed by atoms with Crippen LogP contribution < -0.4 is 20.3 Å². The molecule has 0 radical (unpaired) electrons. The number of hydrogen-bond acceptors (Lipinski definition) is 7. The van der Waals surface area contributed by atoms with Gasteiger partial charge in [-0.05, 0) is 75.1 Å². The van der Waals surface area contributed by atoms with Gasteiger partial charge in [0.05, 0.1) is 6.61 Å². The second-order valence-electron chi connectivity index (χ2n) is 11.0. The molecule has 0 saturated carbocycles. The highest BCUT2D eigenvalue weighted by Gasteiger charge is 2.27. The molecule has 4 rings (SSSR count). The summed E-state index contributed by atoms with van der Waals surface area (Å²) in [6, 6.07) is 5.68. The van der Waals surface area contributed by atoms with E-state index in [1.807, 2.05) is 19.1 Å². The average Bonchev–Trinajstić information content (AvgIpc) is 3.35. The summed E-state index contributed by atoms with van der Waals surface area (Å²) in [6.07, 6.45) is 5.86. The molecule has 3 heterocycles. The summed E-state index contributed by atoms with van der Waals surface area (Å²) in [5, 5.41) is 9.78. The van der Waals surface area contributed by atoms with Gasteiger partial charge in [0, 0.05) is 30.6 Å². The van der Waals surface area contributed by atoms with Crippen LogP contribution in [0.4, 0.5) is 6.01 Å². The lowest BCUT2D eigenvalue weighted by molar-refractivity contribution is -0.124. The second-order valence-corrected chi connectivity index (χ2v) is 11.0. The van der Waals surface area contributed by atoms with E-state index in [0.29, 0.717) is 37.1 Å². The van der Waals surface area contributed by atoms with E-state index in [1.54, 1.807) is 6.07 Å². The third kappa shape index (κ3) is 6.56. The molecule has 0 spiro atoms. The minimum Gasteiger partial charge on any atom is -0.494 e. The summed E-state index contributed by atoms with van der Waals surface area (Å²) in [5.74, 6) is 1.85. The van der Waals surface area contributed by atoms with E-state index < -0.39 is 6.04 Å². The summed E-state index contributed by atoms with van der Waals surface area (Å²) >= 11 is 0. The molecular weight excluding hydrogens is 458 g/mol. The van der Waals surface area contributed by atoms with Crippen LogP contribution in [0.1, 0.15) is 81.0 Å². The average molecular weight is 498 g/mol. The number of nitrogens with zero attached hydrogens (tertiary/aromatic N) is 3. The molecule has 2 aliphatic rings. The zero-order valence-corrected chi connectivity index (χ0v) is 21.9. The molecule has 196 valence electrons. The van der Waals surface area contributed by atoms with Crippen molar-refractivity contribution in [1.82, 2.24) is 20.8 Å². The van der Waals surface area contributed by atoms with E-state index in [0.717, 1.165) is 62.3 Å². The quantitative estimate of drug-likeness (QED) is 0.535. The minimum absolute atomic E-state index is 0.109. The lowest BCUT2D eigenvalue weighted by Crippen LogP contribution is -2.50. The fraction of sp³-hybridized carbons (Fsp3) is 0.630. The normalized spacial score (nSPS) is 19.2. The number of aromatic nitrogens is 2. The molecule has 2 amide bonds. The molecule has 2 saturated heterocycles.